The molecule has 0 spiro atoms. The van der Waals surface area contributed by atoms with Crippen LogP contribution in [0.2, 0.25) is 0 Å². The lowest BCUT2D eigenvalue weighted by atomic mass is 10.1. The van der Waals surface area contributed by atoms with E-state index in [0.717, 1.165) is 40.3 Å². The number of hydrogen-bond donors (Lipinski definition) is 2. The highest BCUT2D eigenvalue weighted by atomic mass is 35.5. The summed E-state index contributed by atoms with van der Waals surface area (Å²) >= 11 is 1.52. The summed E-state index contributed by atoms with van der Waals surface area (Å²) in [6, 6.07) is 12.2. The fourth-order valence-corrected chi connectivity index (χ4v) is 4.28. The summed E-state index contributed by atoms with van der Waals surface area (Å²) in [5.74, 6) is -0.00343. The van der Waals surface area contributed by atoms with E-state index in [2.05, 4.69) is 33.9 Å². The van der Waals surface area contributed by atoms with Crippen molar-refractivity contribution < 1.29 is 4.79 Å². The third-order valence-corrected chi connectivity index (χ3v) is 5.79. The van der Waals surface area contributed by atoms with Crippen LogP contribution in [0.3, 0.4) is 0 Å². The van der Waals surface area contributed by atoms with Crippen molar-refractivity contribution in [2.24, 2.45) is 0 Å². The number of carbonyl (C=O) groups excluding carboxylic acids is 1. The monoisotopic (exact) mass is 402 g/mol. The van der Waals surface area contributed by atoms with E-state index < -0.39 is 0 Å². The molecule has 0 aliphatic carbocycles. The largest absolute Gasteiger partial charge is 0.348 e. The molecule has 2 N–H and O–H groups in total. The van der Waals surface area contributed by atoms with E-state index in [4.69, 9.17) is 0 Å². The van der Waals surface area contributed by atoms with Gasteiger partial charge in [0.05, 0.1) is 17.1 Å². The van der Waals surface area contributed by atoms with E-state index in [1.165, 1.54) is 22.5 Å². The van der Waals surface area contributed by atoms with Crippen LogP contribution in [-0.4, -0.2) is 35.3 Å². The van der Waals surface area contributed by atoms with Gasteiger partial charge in [0, 0.05) is 18.5 Å². The number of hydrogen-bond acceptors (Lipinski definition) is 4. The van der Waals surface area contributed by atoms with Crippen LogP contribution in [0.4, 0.5) is 0 Å². The first-order valence-corrected chi connectivity index (χ1v) is 9.70. The van der Waals surface area contributed by atoms with E-state index in [9.17, 15) is 4.79 Å². The highest BCUT2D eigenvalue weighted by Gasteiger charge is 2.16. The van der Waals surface area contributed by atoms with Crippen LogP contribution in [0.5, 0.6) is 0 Å². The average molecular weight is 403 g/mol. The van der Waals surface area contributed by atoms with E-state index in [0.29, 0.717) is 13.1 Å². The zero-order valence-electron chi connectivity index (χ0n) is 15.2. The molecule has 142 valence electrons. The van der Waals surface area contributed by atoms with Gasteiger partial charge in [-0.05, 0) is 31.5 Å². The summed E-state index contributed by atoms with van der Waals surface area (Å²) in [6.45, 7) is 5.22. The fraction of sp³-hybridized carbons (Fsp3) is 0.300. The molecule has 0 atom stereocenters. The number of nitrogens with zero attached hydrogens (tertiary/aromatic N) is 2. The molecule has 1 aromatic carbocycles. The average Bonchev–Trinajstić information content (AvgIpc) is 3.23. The number of carbonyl (C=O) groups is 1. The van der Waals surface area contributed by atoms with Crippen molar-refractivity contribution in [2.45, 2.75) is 19.9 Å². The van der Waals surface area contributed by atoms with Crippen molar-refractivity contribution in [3.8, 4) is 0 Å². The number of thiophene rings is 1. The second-order valence-corrected chi connectivity index (χ2v) is 7.59. The van der Waals surface area contributed by atoms with Crippen molar-refractivity contribution >= 4 is 39.9 Å². The Morgan fingerprint density at radius 3 is 2.89 bits per heavy atom. The van der Waals surface area contributed by atoms with Crippen molar-refractivity contribution in [1.29, 1.82) is 0 Å². The molecule has 1 amide bonds. The molecule has 0 saturated carbocycles. The van der Waals surface area contributed by atoms with E-state index in [1.54, 1.807) is 0 Å². The van der Waals surface area contributed by atoms with Crippen LogP contribution >= 0.6 is 23.7 Å². The molecule has 0 fully saturated rings. The maximum absolute atomic E-state index is 12.6. The van der Waals surface area contributed by atoms with Gasteiger partial charge in [-0.3, -0.25) is 9.48 Å². The smallest absolute Gasteiger partial charge is 0.261 e. The summed E-state index contributed by atoms with van der Waals surface area (Å²) in [5, 5.41) is 12.0. The number of aryl methyl sites for hydroxylation is 1. The first-order valence-electron chi connectivity index (χ1n) is 8.88. The van der Waals surface area contributed by atoms with Crippen molar-refractivity contribution in [3.05, 3.63) is 64.2 Å². The molecule has 4 rings (SSSR count). The van der Waals surface area contributed by atoms with Crippen LogP contribution in [0.15, 0.2) is 48.0 Å². The summed E-state index contributed by atoms with van der Waals surface area (Å²) < 4.78 is 2.00. The summed E-state index contributed by atoms with van der Waals surface area (Å²) in [6.07, 6.45) is 3.16. The number of benzene rings is 1. The van der Waals surface area contributed by atoms with Gasteiger partial charge in [0.1, 0.15) is 4.83 Å². The zero-order valence-corrected chi connectivity index (χ0v) is 16.8. The minimum absolute atomic E-state index is 0. The zero-order chi connectivity index (χ0) is 17.9. The second kappa shape index (κ2) is 8.69. The van der Waals surface area contributed by atoms with Gasteiger partial charge in [-0.25, -0.2) is 0 Å². The molecule has 5 nitrogen and oxygen atoms in total. The third-order valence-electron chi connectivity index (χ3n) is 4.64. The van der Waals surface area contributed by atoms with Crippen LogP contribution in [0.1, 0.15) is 27.3 Å². The first kappa shape index (κ1) is 19.6. The molecule has 3 aromatic rings. The lowest BCUT2D eigenvalue weighted by Crippen LogP contribution is -2.29. The Bertz CT molecular complexity index is 961. The highest BCUT2D eigenvalue weighted by Crippen LogP contribution is 2.28. The lowest BCUT2D eigenvalue weighted by molar-refractivity contribution is 0.0960. The molecule has 27 heavy (non-hydrogen) atoms. The molecular formula is C20H23ClN4OS. The Labute approximate surface area is 168 Å². The summed E-state index contributed by atoms with van der Waals surface area (Å²) in [5.41, 5.74) is 3.46. The Balaban J connectivity index is 0.00000210. The number of rotatable bonds is 5. The molecule has 0 saturated heterocycles. The molecule has 3 heterocycles. The number of fused-ring (bicyclic) bond motifs is 1. The van der Waals surface area contributed by atoms with Crippen LogP contribution < -0.4 is 10.6 Å². The Hall–Kier alpha value is -2.15. The van der Waals surface area contributed by atoms with Crippen LogP contribution in [0.25, 0.3) is 10.2 Å². The van der Waals surface area contributed by atoms with Crippen molar-refractivity contribution in [2.75, 3.05) is 19.6 Å². The Morgan fingerprint density at radius 2 is 2.15 bits per heavy atom. The Morgan fingerprint density at radius 1 is 1.33 bits per heavy atom. The van der Waals surface area contributed by atoms with Gasteiger partial charge in [-0.1, -0.05) is 42.0 Å². The number of aromatic nitrogens is 2. The lowest BCUT2D eigenvalue weighted by Gasteiger charge is -2.14. The maximum atomic E-state index is 12.6. The maximum Gasteiger partial charge on any atom is 0.261 e. The molecule has 0 unspecified atom stereocenters. The molecule has 7 heteroatoms. The predicted octanol–water partition coefficient (Wildman–Crippen LogP) is 3.53. The van der Waals surface area contributed by atoms with Crippen molar-refractivity contribution in [3.63, 3.8) is 0 Å². The van der Waals surface area contributed by atoms with Crippen LogP contribution in [-0.2, 0) is 6.54 Å². The summed E-state index contributed by atoms with van der Waals surface area (Å²) in [7, 11) is 0. The standard InChI is InChI=1S/C20H22N4OS.ClH/c1-14-17-11-18(19(25)22-12-15-7-9-21-10-8-15)26-20(17)24(23-14)13-16-5-3-2-4-6-16;/h2-7,11,21H,8-10,12-13H2,1H3,(H,22,25);1H. The fourth-order valence-electron chi connectivity index (χ4n) is 3.20. The normalized spacial score (nSPS) is 13.9. The van der Waals surface area contributed by atoms with Gasteiger partial charge in [-0.2, -0.15) is 5.10 Å². The number of amides is 1. The first-order chi connectivity index (χ1) is 12.7. The van der Waals surface area contributed by atoms with E-state index in [-0.39, 0.29) is 18.3 Å². The van der Waals surface area contributed by atoms with Gasteiger partial charge >= 0.3 is 0 Å². The van der Waals surface area contributed by atoms with Gasteiger partial charge in [0.15, 0.2) is 0 Å². The molecule has 1 aliphatic heterocycles. The SMILES string of the molecule is Cc1nn(Cc2ccccc2)c2sc(C(=O)NCC3=CCNCC3)cc12.Cl. The van der Waals surface area contributed by atoms with Crippen molar-refractivity contribution in [1.82, 2.24) is 20.4 Å². The van der Waals surface area contributed by atoms with Gasteiger partial charge in [0.25, 0.3) is 5.91 Å². The summed E-state index contributed by atoms with van der Waals surface area (Å²) in [4.78, 5) is 14.4. The topological polar surface area (TPSA) is 59.0 Å². The van der Waals surface area contributed by atoms with Gasteiger partial charge in [0.2, 0.25) is 0 Å². The molecular weight excluding hydrogens is 380 g/mol. The quantitative estimate of drug-likeness (QED) is 0.642. The minimum Gasteiger partial charge on any atom is -0.348 e. The minimum atomic E-state index is -0.00343. The molecule has 0 radical (unpaired) electrons. The predicted molar refractivity (Wildman–Crippen MR) is 113 cm³/mol. The van der Waals surface area contributed by atoms with E-state index >= 15 is 0 Å². The van der Waals surface area contributed by atoms with Gasteiger partial charge in [-0.15, -0.1) is 23.7 Å². The van der Waals surface area contributed by atoms with Gasteiger partial charge < -0.3 is 10.6 Å². The molecule has 2 aromatic heterocycles. The van der Waals surface area contributed by atoms with E-state index in [1.807, 2.05) is 35.9 Å². The number of halogens is 1. The Kier molecular flexibility index (Phi) is 6.31. The second-order valence-electron chi connectivity index (χ2n) is 6.56. The molecule has 1 aliphatic rings. The third kappa shape index (κ3) is 4.40. The van der Waals surface area contributed by atoms with Crippen LogP contribution in [0, 0.1) is 6.92 Å². The molecule has 0 bridgehead atoms. The number of nitrogens with one attached hydrogen (secondary N) is 2. The highest BCUT2D eigenvalue weighted by molar-refractivity contribution is 7.20.